The maximum atomic E-state index is 12.7. The van der Waals surface area contributed by atoms with E-state index in [9.17, 15) is 4.79 Å². The Morgan fingerprint density at radius 3 is 3.12 bits per heavy atom. The van der Waals surface area contributed by atoms with Crippen LogP contribution in [0.1, 0.15) is 36.0 Å². The number of furan rings is 1. The maximum Gasteiger partial charge on any atom is 0.229 e. The number of aromatic amines is 1. The van der Waals surface area contributed by atoms with Crippen molar-refractivity contribution in [3.05, 3.63) is 46.9 Å². The largest absolute Gasteiger partial charge is 0.459 e. The summed E-state index contributed by atoms with van der Waals surface area (Å²) in [6, 6.07) is 5.87. The van der Waals surface area contributed by atoms with Gasteiger partial charge in [-0.1, -0.05) is 0 Å². The van der Waals surface area contributed by atoms with Gasteiger partial charge in [0.1, 0.15) is 5.76 Å². The lowest BCUT2D eigenvalue weighted by molar-refractivity contribution is -0.131. The number of hydrogen-bond acceptors (Lipinski definition) is 5. The quantitative estimate of drug-likeness (QED) is 0.789. The summed E-state index contributed by atoms with van der Waals surface area (Å²) in [5, 5.41) is 9.74. The molecular weight excluding hydrogens is 324 g/mol. The first-order valence-electron chi connectivity index (χ1n) is 8.00. The number of carbonyl (C=O) groups is 1. The number of H-pyrrole nitrogens is 1. The van der Waals surface area contributed by atoms with Crippen LogP contribution in [0.3, 0.4) is 0 Å². The first-order chi connectivity index (χ1) is 11.7. The third kappa shape index (κ3) is 2.87. The Labute approximate surface area is 143 Å². The van der Waals surface area contributed by atoms with Gasteiger partial charge < -0.3 is 9.32 Å². The van der Waals surface area contributed by atoms with Gasteiger partial charge >= 0.3 is 0 Å². The van der Waals surface area contributed by atoms with Gasteiger partial charge in [-0.05, 0) is 38.0 Å². The molecule has 0 saturated carbocycles. The second-order valence-corrected chi connectivity index (χ2v) is 6.85. The van der Waals surface area contributed by atoms with E-state index >= 15 is 0 Å². The predicted molar refractivity (Wildman–Crippen MR) is 90.5 cm³/mol. The van der Waals surface area contributed by atoms with Crippen molar-refractivity contribution in [2.75, 3.05) is 6.54 Å². The third-order valence-electron chi connectivity index (χ3n) is 4.29. The SMILES string of the molecule is Cc1ccc(-c2nc(CC(=O)N3CCC[C@@H]3c3ccn[nH]3)cs2)o1. The van der Waals surface area contributed by atoms with E-state index in [0.717, 1.165) is 47.3 Å². The van der Waals surface area contributed by atoms with E-state index in [4.69, 9.17) is 4.42 Å². The number of nitrogens with one attached hydrogen (secondary N) is 1. The summed E-state index contributed by atoms with van der Waals surface area (Å²) in [5.41, 5.74) is 1.80. The summed E-state index contributed by atoms with van der Waals surface area (Å²) < 4.78 is 5.60. The van der Waals surface area contributed by atoms with Gasteiger partial charge in [-0.3, -0.25) is 9.89 Å². The highest BCUT2D eigenvalue weighted by molar-refractivity contribution is 7.13. The normalized spacial score (nSPS) is 17.5. The van der Waals surface area contributed by atoms with Crippen LogP contribution in [-0.2, 0) is 11.2 Å². The molecule has 1 atom stereocenters. The smallest absolute Gasteiger partial charge is 0.229 e. The monoisotopic (exact) mass is 342 g/mol. The number of thiazole rings is 1. The van der Waals surface area contributed by atoms with Gasteiger partial charge in [0, 0.05) is 18.1 Å². The number of likely N-dealkylation sites (tertiary alicyclic amines) is 1. The van der Waals surface area contributed by atoms with Gasteiger partial charge in [-0.15, -0.1) is 11.3 Å². The van der Waals surface area contributed by atoms with E-state index in [1.165, 1.54) is 11.3 Å². The van der Waals surface area contributed by atoms with E-state index in [1.54, 1.807) is 6.20 Å². The van der Waals surface area contributed by atoms with E-state index in [-0.39, 0.29) is 11.9 Å². The Morgan fingerprint density at radius 2 is 2.38 bits per heavy atom. The Morgan fingerprint density at radius 1 is 1.46 bits per heavy atom. The molecule has 0 unspecified atom stereocenters. The molecule has 1 aliphatic rings. The van der Waals surface area contributed by atoms with Crippen LogP contribution in [-0.4, -0.2) is 32.5 Å². The first kappa shape index (κ1) is 15.1. The Kier molecular flexibility index (Phi) is 3.93. The minimum Gasteiger partial charge on any atom is -0.459 e. The number of carbonyl (C=O) groups excluding carboxylic acids is 1. The Balaban J connectivity index is 1.47. The number of hydrogen-bond donors (Lipinski definition) is 1. The van der Waals surface area contributed by atoms with E-state index in [2.05, 4.69) is 15.2 Å². The van der Waals surface area contributed by atoms with Crippen molar-refractivity contribution in [1.29, 1.82) is 0 Å². The fraction of sp³-hybridized carbons (Fsp3) is 0.353. The molecule has 0 aromatic carbocycles. The molecule has 3 aromatic heterocycles. The lowest BCUT2D eigenvalue weighted by Crippen LogP contribution is -2.32. The highest BCUT2D eigenvalue weighted by atomic mass is 32.1. The Bertz CT molecular complexity index is 837. The number of aromatic nitrogens is 3. The first-order valence-corrected chi connectivity index (χ1v) is 8.88. The lowest BCUT2D eigenvalue weighted by atomic mass is 10.1. The molecule has 4 rings (SSSR count). The zero-order valence-corrected chi connectivity index (χ0v) is 14.2. The van der Waals surface area contributed by atoms with Crippen molar-refractivity contribution in [3.8, 4) is 10.8 Å². The van der Waals surface area contributed by atoms with Crippen molar-refractivity contribution in [3.63, 3.8) is 0 Å². The van der Waals surface area contributed by atoms with Gasteiger partial charge in [-0.2, -0.15) is 5.10 Å². The molecule has 7 heteroatoms. The number of rotatable bonds is 4. The summed E-state index contributed by atoms with van der Waals surface area (Å²) in [6.07, 6.45) is 4.04. The van der Waals surface area contributed by atoms with Crippen molar-refractivity contribution in [2.24, 2.45) is 0 Å². The summed E-state index contributed by atoms with van der Waals surface area (Å²) >= 11 is 1.51. The molecular formula is C17H18N4O2S. The van der Waals surface area contributed by atoms with E-state index in [1.807, 2.05) is 35.4 Å². The van der Waals surface area contributed by atoms with Crippen molar-refractivity contribution >= 4 is 17.2 Å². The molecule has 4 heterocycles. The van der Waals surface area contributed by atoms with Crippen molar-refractivity contribution < 1.29 is 9.21 Å². The van der Waals surface area contributed by atoms with Crippen LogP contribution in [0.5, 0.6) is 0 Å². The van der Waals surface area contributed by atoms with Gasteiger partial charge in [0.2, 0.25) is 5.91 Å². The fourth-order valence-corrected chi connectivity index (χ4v) is 3.93. The molecule has 1 saturated heterocycles. The molecule has 6 nitrogen and oxygen atoms in total. The average Bonchev–Trinajstić information content (AvgIpc) is 3.34. The van der Waals surface area contributed by atoms with E-state index in [0.29, 0.717) is 6.42 Å². The summed E-state index contributed by atoms with van der Waals surface area (Å²) in [6.45, 7) is 2.70. The van der Waals surface area contributed by atoms with Crippen LogP contribution in [0.4, 0.5) is 0 Å². The molecule has 0 bridgehead atoms. The minimum absolute atomic E-state index is 0.103. The van der Waals surface area contributed by atoms with Crippen molar-refractivity contribution in [2.45, 2.75) is 32.2 Å². The molecule has 1 fully saturated rings. The highest BCUT2D eigenvalue weighted by Gasteiger charge is 2.31. The predicted octanol–water partition coefficient (Wildman–Crippen LogP) is 3.34. The number of nitrogens with zero attached hydrogens (tertiary/aromatic N) is 3. The molecule has 3 aromatic rings. The van der Waals surface area contributed by atoms with Gasteiger partial charge in [0.05, 0.1) is 23.9 Å². The van der Waals surface area contributed by atoms with Crippen LogP contribution in [0.2, 0.25) is 0 Å². The molecule has 1 amide bonds. The summed E-state index contributed by atoms with van der Waals surface area (Å²) in [4.78, 5) is 19.2. The van der Waals surface area contributed by atoms with Gasteiger partial charge in [0.15, 0.2) is 10.8 Å². The van der Waals surface area contributed by atoms with Crippen molar-refractivity contribution in [1.82, 2.24) is 20.1 Å². The van der Waals surface area contributed by atoms with Crippen LogP contribution in [0.15, 0.2) is 34.2 Å². The summed E-state index contributed by atoms with van der Waals surface area (Å²) in [7, 11) is 0. The Hall–Kier alpha value is -2.41. The van der Waals surface area contributed by atoms with E-state index < -0.39 is 0 Å². The standard InChI is InChI=1S/C17H18N4O2S/c1-11-4-5-15(23-11)17-19-12(10-24-17)9-16(22)21-8-2-3-14(21)13-6-7-18-20-13/h4-7,10,14H,2-3,8-9H2,1H3,(H,18,20)/t14-/m1/s1. The zero-order chi connectivity index (χ0) is 16.5. The van der Waals surface area contributed by atoms with Crippen LogP contribution < -0.4 is 0 Å². The highest BCUT2D eigenvalue weighted by Crippen LogP contribution is 2.31. The van der Waals surface area contributed by atoms with Crippen LogP contribution in [0, 0.1) is 6.92 Å². The van der Waals surface area contributed by atoms with Gasteiger partial charge in [0.25, 0.3) is 0 Å². The summed E-state index contributed by atoms with van der Waals surface area (Å²) in [5.74, 6) is 1.73. The topological polar surface area (TPSA) is 75.0 Å². The zero-order valence-electron chi connectivity index (χ0n) is 13.4. The lowest BCUT2D eigenvalue weighted by Gasteiger charge is -2.23. The maximum absolute atomic E-state index is 12.7. The fourth-order valence-electron chi connectivity index (χ4n) is 3.15. The van der Waals surface area contributed by atoms with Gasteiger partial charge in [-0.25, -0.2) is 4.98 Å². The second kappa shape index (κ2) is 6.24. The molecule has 1 N–H and O–H groups in total. The molecule has 0 spiro atoms. The number of amides is 1. The minimum atomic E-state index is 0.103. The average molecular weight is 342 g/mol. The number of aryl methyl sites for hydroxylation is 1. The molecule has 0 aliphatic carbocycles. The van der Waals surface area contributed by atoms with Crippen LogP contribution in [0.25, 0.3) is 10.8 Å². The molecule has 24 heavy (non-hydrogen) atoms. The molecule has 0 radical (unpaired) electrons. The second-order valence-electron chi connectivity index (χ2n) is 5.99. The molecule has 124 valence electrons. The van der Waals surface area contributed by atoms with Crippen LogP contribution >= 0.6 is 11.3 Å². The third-order valence-corrected chi connectivity index (χ3v) is 5.20. The molecule has 1 aliphatic heterocycles.